The fourth-order valence-electron chi connectivity index (χ4n) is 4.75. The van der Waals surface area contributed by atoms with Gasteiger partial charge in [0.25, 0.3) is 5.91 Å². The molecule has 5 nitrogen and oxygen atoms in total. The molecule has 1 aliphatic heterocycles. The van der Waals surface area contributed by atoms with E-state index >= 15 is 0 Å². The molecule has 0 unspecified atom stereocenters. The van der Waals surface area contributed by atoms with Gasteiger partial charge in [-0.1, -0.05) is 32.0 Å². The van der Waals surface area contributed by atoms with Crippen LogP contribution in [0.3, 0.4) is 0 Å². The van der Waals surface area contributed by atoms with Gasteiger partial charge in [0.2, 0.25) is 0 Å². The summed E-state index contributed by atoms with van der Waals surface area (Å²) < 4.78 is 15.1. The number of halogens is 1. The van der Waals surface area contributed by atoms with Gasteiger partial charge in [-0.05, 0) is 60.5 Å². The molecule has 0 bridgehead atoms. The Hall–Kier alpha value is -3.41. The molecule has 0 saturated carbocycles. The monoisotopic (exact) mass is 430 g/mol. The first-order valence-electron chi connectivity index (χ1n) is 11.2. The number of H-pyrrole nitrogens is 1. The quantitative estimate of drug-likeness (QED) is 0.456. The minimum Gasteiger partial charge on any atom is -0.358 e. The molecule has 3 heterocycles. The number of aromatic nitrogens is 3. The maximum Gasteiger partial charge on any atom is 0.257 e. The Balaban J connectivity index is 1.34. The molecule has 2 aromatic heterocycles. The van der Waals surface area contributed by atoms with E-state index in [4.69, 9.17) is 0 Å². The summed E-state index contributed by atoms with van der Waals surface area (Å²) in [5, 5.41) is 5.71. The van der Waals surface area contributed by atoms with E-state index in [0.717, 1.165) is 42.8 Å². The number of amides is 1. The Morgan fingerprint density at radius 3 is 2.50 bits per heavy atom. The molecule has 1 fully saturated rings. The van der Waals surface area contributed by atoms with Gasteiger partial charge in [0.05, 0.1) is 23.1 Å². The second-order valence-electron chi connectivity index (χ2n) is 8.86. The number of nitrogens with zero attached hydrogens (tertiary/aromatic N) is 3. The van der Waals surface area contributed by atoms with Crippen molar-refractivity contribution in [2.75, 3.05) is 13.1 Å². The van der Waals surface area contributed by atoms with Crippen LogP contribution < -0.4 is 0 Å². The third kappa shape index (κ3) is 3.70. The van der Waals surface area contributed by atoms with Crippen LogP contribution in [-0.4, -0.2) is 38.7 Å². The normalized spacial score (nSPS) is 15.1. The number of nitrogens with one attached hydrogen (secondary N) is 1. The largest absolute Gasteiger partial charge is 0.358 e. The number of piperidine rings is 1. The summed E-state index contributed by atoms with van der Waals surface area (Å²) >= 11 is 0. The molecule has 6 heteroatoms. The number of aromatic amines is 1. The van der Waals surface area contributed by atoms with E-state index < -0.39 is 0 Å². The number of fused-ring (bicyclic) bond motifs is 1. The maximum atomic E-state index is 13.4. The highest BCUT2D eigenvalue weighted by molar-refractivity contribution is 5.95. The zero-order valence-corrected chi connectivity index (χ0v) is 18.4. The van der Waals surface area contributed by atoms with Gasteiger partial charge in [-0.2, -0.15) is 5.10 Å². The van der Waals surface area contributed by atoms with Gasteiger partial charge in [-0.25, -0.2) is 9.07 Å². The molecule has 0 spiro atoms. The highest BCUT2D eigenvalue weighted by atomic mass is 19.1. The van der Waals surface area contributed by atoms with Gasteiger partial charge in [-0.3, -0.25) is 4.79 Å². The molecule has 1 saturated heterocycles. The van der Waals surface area contributed by atoms with Crippen molar-refractivity contribution >= 4 is 16.8 Å². The van der Waals surface area contributed by atoms with E-state index in [1.54, 1.807) is 23.0 Å². The number of carbonyl (C=O) groups is 1. The fourth-order valence-corrected chi connectivity index (χ4v) is 4.75. The van der Waals surface area contributed by atoms with E-state index in [1.807, 2.05) is 11.0 Å². The first-order valence-corrected chi connectivity index (χ1v) is 11.2. The summed E-state index contributed by atoms with van der Waals surface area (Å²) in [6.45, 7) is 5.54. The van der Waals surface area contributed by atoms with Crippen molar-refractivity contribution in [2.45, 2.75) is 38.5 Å². The minimum atomic E-state index is -0.291. The highest BCUT2D eigenvalue weighted by Crippen LogP contribution is 2.31. The average Bonchev–Trinajstić information content (AvgIpc) is 3.44. The topological polar surface area (TPSA) is 53.9 Å². The van der Waals surface area contributed by atoms with Crippen molar-refractivity contribution in [3.63, 3.8) is 0 Å². The lowest BCUT2D eigenvalue weighted by atomic mass is 9.93. The molecule has 0 atom stereocenters. The van der Waals surface area contributed by atoms with Crippen LogP contribution in [-0.2, 0) is 0 Å². The van der Waals surface area contributed by atoms with Crippen molar-refractivity contribution in [3.05, 3.63) is 83.6 Å². The molecule has 1 amide bonds. The van der Waals surface area contributed by atoms with Gasteiger partial charge in [0.15, 0.2) is 0 Å². The third-order valence-corrected chi connectivity index (χ3v) is 6.43. The number of hydrogen-bond acceptors (Lipinski definition) is 2. The SMILES string of the molecule is CC(C)c1c(C(=O)N2CCC(c3cc4ccccc4[nH]3)CC2)cnn1-c1ccc(F)cc1. The third-order valence-electron chi connectivity index (χ3n) is 6.43. The average molecular weight is 431 g/mol. The molecular formula is C26H27FN4O. The zero-order valence-electron chi connectivity index (χ0n) is 18.4. The molecule has 0 aliphatic carbocycles. The molecule has 4 aromatic rings. The molecule has 5 rings (SSSR count). The predicted molar refractivity (Wildman–Crippen MR) is 124 cm³/mol. The molecule has 0 radical (unpaired) electrons. The van der Waals surface area contributed by atoms with E-state index in [1.165, 1.54) is 23.2 Å². The summed E-state index contributed by atoms with van der Waals surface area (Å²) in [4.78, 5) is 18.9. The first-order chi connectivity index (χ1) is 15.5. The highest BCUT2D eigenvalue weighted by Gasteiger charge is 2.29. The van der Waals surface area contributed by atoms with Gasteiger partial charge in [0, 0.05) is 30.2 Å². The van der Waals surface area contributed by atoms with Gasteiger partial charge in [-0.15, -0.1) is 0 Å². The second kappa shape index (κ2) is 8.26. The molecule has 32 heavy (non-hydrogen) atoms. The summed E-state index contributed by atoms with van der Waals surface area (Å²) in [5.74, 6) is 0.265. The van der Waals surface area contributed by atoms with Crippen LogP contribution >= 0.6 is 0 Å². The van der Waals surface area contributed by atoms with Crippen LogP contribution in [0.4, 0.5) is 4.39 Å². The molecular weight excluding hydrogens is 403 g/mol. The van der Waals surface area contributed by atoms with Crippen LogP contribution in [0.2, 0.25) is 0 Å². The van der Waals surface area contributed by atoms with E-state index in [0.29, 0.717) is 11.5 Å². The second-order valence-corrected chi connectivity index (χ2v) is 8.86. The molecule has 1 N–H and O–H groups in total. The number of benzene rings is 2. The smallest absolute Gasteiger partial charge is 0.257 e. The van der Waals surface area contributed by atoms with E-state index in [9.17, 15) is 9.18 Å². The van der Waals surface area contributed by atoms with Crippen molar-refractivity contribution in [2.24, 2.45) is 0 Å². The van der Waals surface area contributed by atoms with E-state index in [-0.39, 0.29) is 17.6 Å². The number of carbonyl (C=O) groups excluding carboxylic acids is 1. The Morgan fingerprint density at radius 1 is 1.09 bits per heavy atom. The fraction of sp³-hybridized carbons (Fsp3) is 0.308. The lowest BCUT2D eigenvalue weighted by molar-refractivity contribution is 0.0710. The van der Waals surface area contributed by atoms with Crippen LogP contribution in [0.1, 0.15) is 60.3 Å². The van der Waals surface area contributed by atoms with Crippen LogP contribution in [0, 0.1) is 5.82 Å². The number of rotatable bonds is 4. The summed E-state index contributed by atoms with van der Waals surface area (Å²) in [6, 6.07) is 16.8. The predicted octanol–water partition coefficient (Wildman–Crippen LogP) is 5.64. The Labute approximate surface area is 186 Å². The van der Waals surface area contributed by atoms with Crippen molar-refractivity contribution in [1.82, 2.24) is 19.7 Å². The van der Waals surface area contributed by atoms with E-state index in [2.05, 4.69) is 48.2 Å². The Morgan fingerprint density at radius 2 is 1.81 bits per heavy atom. The standard InChI is InChI=1S/C26H27FN4O/c1-17(2)25-22(16-28-31(25)21-9-7-20(27)8-10-21)26(32)30-13-11-18(12-14-30)24-15-19-5-3-4-6-23(19)29-24/h3-10,15-18,29H,11-14H2,1-2H3. The van der Waals surface area contributed by atoms with Gasteiger partial charge < -0.3 is 9.88 Å². The Kier molecular flexibility index (Phi) is 5.29. The van der Waals surface area contributed by atoms with Crippen molar-refractivity contribution in [3.8, 4) is 5.69 Å². The number of hydrogen-bond donors (Lipinski definition) is 1. The zero-order chi connectivity index (χ0) is 22.2. The van der Waals surface area contributed by atoms with Crippen molar-refractivity contribution in [1.29, 1.82) is 0 Å². The summed E-state index contributed by atoms with van der Waals surface area (Å²) in [5.41, 5.74) is 4.67. The van der Waals surface area contributed by atoms with Gasteiger partial charge in [0.1, 0.15) is 5.82 Å². The molecule has 164 valence electrons. The molecule has 1 aliphatic rings. The lowest BCUT2D eigenvalue weighted by Gasteiger charge is -2.32. The maximum absolute atomic E-state index is 13.4. The summed E-state index contributed by atoms with van der Waals surface area (Å²) in [7, 11) is 0. The Bertz CT molecular complexity index is 1210. The van der Waals surface area contributed by atoms with Crippen LogP contribution in [0.25, 0.3) is 16.6 Å². The molecule has 2 aromatic carbocycles. The first kappa shape index (κ1) is 20.5. The lowest BCUT2D eigenvalue weighted by Crippen LogP contribution is -2.38. The van der Waals surface area contributed by atoms with Crippen LogP contribution in [0.15, 0.2) is 60.8 Å². The summed E-state index contributed by atoms with van der Waals surface area (Å²) in [6.07, 6.45) is 3.52. The number of para-hydroxylation sites is 1. The number of likely N-dealkylation sites (tertiary alicyclic amines) is 1. The minimum absolute atomic E-state index is 0.0251. The van der Waals surface area contributed by atoms with Gasteiger partial charge >= 0.3 is 0 Å². The van der Waals surface area contributed by atoms with Crippen molar-refractivity contribution < 1.29 is 9.18 Å². The van der Waals surface area contributed by atoms with Crippen LogP contribution in [0.5, 0.6) is 0 Å².